The molecule has 1 N–H and O–H groups in total. The van der Waals surface area contributed by atoms with Crippen LogP contribution in [0.4, 0.5) is 13.2 Å². The monoisotopic (exact) mass is 404 g/mol. The van der Waals surface area contributed by atoms with E-state index < -0.39 is 23.2 Å². The number of carbonyl (C=O) groups excluding carboxylic acids is 1. The van der Waals surface area contributed by atoms with Gasteiger partial charge in [0.25, 0.3) is 5.91 Å². The van der Waals surface area contributed by atoms with E-state index in [1.807, 2.05) is 37.3 Å². The maximum atomic E-state index is 13.6. The van der Waals surface area contributed by atoms with E-state index in [4.69, 9.17) is 0 Å². The first-order valence-electron chi connectivity index (χ1n) is 9.35. The van der Waals surface area contributed by atoms with Crippen molar-refractivity contribution in [3.8, 4) is 0 Å². The van der Waals surface area contributed by atoms with Gasteiger partial charge in [-0.15, -0.1) is 0 Å². The molecule has 0 saturated carbocycles. The largest absolute Gasteiger partial charge is 0.433 e. The third-order valence-corrected chi connectivity index (χ3v) is 4.63. The van der Waals surface area contributed by atoms with Gasteiger partial charge in [0.05, 0.1) is 11.7 Å². The Labute approximate surface area is 167 Å². The number of fused-ring (bicyclic) bond motifs is 1. The summed E-state index contributed by atoms with van der Waals surface area (Å²) in [5, 5.41) is 6.74. The molecule has 0 aliphatic heterocycles. The second-order valence-electron chi connectivity index (χ2n) is 7.92. The Morgan fingerprint density at radius 3 is 2.34 bits per heavy atom. The lowest BCUT2D eigenvalue weighted by atomic mass is 9.91. The second kappa shape index (κ2) is 7.50. The van der Waals surface area contributed by atoms with Crippen molar-refractivity contribution in [1.29, 1.82) is 0 Å². The molecule has 0 radical (unpaired) electrons. The average molecular weight is 404 g/mol. The molecule has 5 nitrogen and oxygen atoms in total. The van der Waals surface area contributed by atoms with Crippen molar-refractivity contribution in [1.82, 2.24) is 19.9 Å². The first-order chi connectivity index (χ1) is 13.5. The fraction of sp³-hybridized carbons (Fsp3) is 0.381. The molecule has 29 heavy (non-hydrogen) atoms. The zero-order valence-corrected chi connectivity index (χ0v) is 16.7. The fourth-order valence-corrected chi connectivity index (χ4v) is 3.01. The predicted octanol–water partition coefficient (Wildman–Crippen LogP) is 4.93. The molecule has 2 aromatic heterocycles. The van der Waals surface area contributed by atoms with Gasteiger partial charge in [-0.25, -0.2) is 9.50 Å². The Morgan fingerprint density at radius 2 is 1.79 bits per heavy atom. The van der Waals surface area contributed by atoms with Crippen LogP contribution in [0.5, 0.6) is 0 Å². The Hall–Kier alpha value is -2.90. The van der Waals surface area contributed by atoms with Crippen LogP contribution in [0.25, 0.3) is 5.65 Å². The number of alkyl halides is 3. The van der Waals surface area contributed by atoms with Crippen LogP contribution in [-0.2, 0) is 11.6 Å². The highest BCUT2D eigenvalue weighted by atomic mass is 19.4. The Bertz CT molecular complexity index is 1020. The van der Waals surface area contributed by atoms with Crippen molar-refractivity contribution in [2.45, 2.75) is 51.7 Å². The average Bonchev–Trinajstić information content (AvgIpc) is 3.08. The summed E-state index contributed by atoms with van der Waals surface area (Å²) in [7, 11) is 0. The third-order valence-electron chi connectivity index (χ3n) is 4.63. The van der Waals surface area contributed by atoms with Gasteiger partial charge in [-0.2, -0.15) is 18.3 Å². The summed E-state index contributed by atoms with van der Waals surface area (Å²) >= 11 is 0. The number of amides is 1. The quantitative estimate of drug-likeness (QED) is 0.671. The van der Waals surface area contributed by atoms with Crippen molar-refractivity contribution in [3.63, 3.8) is 0 Å². The van der Waals surface area contributed by atoms with Gasteiger partial charge in [-0.05, 0) is 18.1 Å². The molecule has 0 fully saturated rings. The number of rotatable bonds is 4. The normalized spacial score (nSPS) is 13.5. The molecule has 0 bridgehead atoms. The van der Waals surface area contributed by atoms with Crippen molar-refractivity contribution < 1.29 is 18.0 Å². The molecule has 0 spiro atoms. The highest BCUT2D eigenvalue weighted by Crippen LogP contribution is 2.32. The van der Waals surface area contributed by atoms with E-state index in [1.165, 1.54) is 6.07 Å². The highest BCUT2D eigenvalue weighted by Gasteiger charge is 2.36. The first kappa shape index (κ1) is 20.8. The molecule has 2 heterocycles. The van der Waals surface area contributed by atoms with E-state index in [9.17, 15) is 18.0 Å². The van der Waals surface area contributed by atoms with Gasteiger partial charge in [0, 0.05) is 11.5 Å². The summed E-state index contributed by atoms with van der Waals surface area (Å²) in [6.45, 7) is 7.26. The third kappa shape index (κ3) is 4.41. The first-order valence-corrected chi connectivity index (χ1v) is 9.35. The molecule has 1 unspecified atom stereocenters. The van der Waals surface area contributed by atoms with Crippen LogP contribution >= 0.6 is 0 Å². The molecule has 3 aromatic rings. The topological polar surface area (TPSA) is 59.3 Å². The summed E-state index contributed by atoms with van der Waals surface area (Å²) in [4.78, 5) is 17.0. The van der Waals surface area contributed by atoms with Crippen LogP contribution in [0.2, 0.25) is 0 Å². The van der Waals surface area contributed by atoms with Crippen molar-refractivity contribution in [2.75, 3.05) is 0 Å². The van der Waals surface area contributed by atoms with E-state index in [-0.39, 0.29) is 23.1 Å². The minimum absolute atomic E-state index is 0.0114. The van der Waals surface area contributed by atoms with Gasteiger partial charge in [-0.1, -0.05) is 58.0 Å². The molecule has 8 heteroatoms. The summed E-state index contributed by atoms with van der Waals surface area (Å²) in [5.74, 6) is -0.545. The molecular formula is C21H23F3N4O. The van der Waals surface area contributed by atoms with Crippen molar-refractivity contribution in [3.05, 3.63) is 65.1 Å². The summed E-state index contributed by atoms with van der Waals surface area (Å²) in [6.07, 6.45) is -4.00. The maximum absolute atomic E-state index is 13.6. The Kier molecular flexibility index (Phi) is 5.38. The lowest BCUT2D eigenvalue weighted by Crippen LogP contribution is -2.28. The van der Waals surface area contributed by atoms with Crippen LogP contribution < -0.4 is 5.32 Å². The van der Waals surface area contributed by atoms with Crippen LogP contribution in [-0.4, -0.2) is 20.5 Å². The van der Waals surface area contributed by atoms with Gasteiger partial charge in [0.2, 0.25) is 0 Å². The van der Waals surface area contributed by atoms with Gasteiger partial charge in [0.1, 0.15) is 5.69 Å². The number of carbonyl (C=O) groups is 1. The summed E-state index contributed by atoms with van der Waals surface area (Å²) in [5.41, 5.74) is -0.474. The van der Waals surface area contributed by atoms with Crippen LogP contribution in [0, 0.1) is 0 Å². The van der Waals surface area contributed by atoms with E-state index in [2.05, 4.69) is 15.4 Å². The summed E-state index contributed by atoms with van der Waals surface area (Å²) in [6, 6.07) is 11.4. The van der Waals surface area contributed by atoms with Crippen LogP contribution in [0.1, 0.15) is 67.6 Å². The molecule has 0 aliphatic rings. The number of hydrogen-bond donors (Lipinski definition) is 1. The lowest BCUT2D eigenvalue weighted by molar-refractivity contribution is -0.142. The minimum Gasteiger partial charge on any atom is -0.344 e. The standard InChI is InChI=1S/C21H23F3N4O/c1-5-14(13-9-7-6-8-10-13)25-19(29)15-11-18-26-16(20(2,3)4)12-17(21(22,23)24)28(18)27-15/h6-12,14H,5H2,1-4H3,(H,25,29). The minimum atomic E-state index is -4.63. The molecule has 1 aromatic carbocycles. The Morgan fingerprint density at radius 1 is 1.14 bits per heavy atom. The highest BCUT2D eigenvalue weighted by molar-refractivity contribution is 5.93. The predicted molar refractivity (Wildman–Crippen MR) is 104 cm³/mol. The number of benzene rings is 1. The molecule has 1 amide bonds. The maximum Gasteiger partial charge on any atom is 0.433 e. The molecular weight excluding hydrogens is 381 g/mol. The molecule has 154 valence electrons. The number of nitrogens with zero attached hydrogens (tertiary/aromatic N) is 3. The second-order valence-corrected chi connectivity index (χ2v) is 7.92. The van der Waals surface area contributed by atoms with Crippen LogP contribution in [0.15, 0.2) is 42.5 Å². The molecule has 0 saturated heterocycles. The number of hydrogen-bond acceptors (Lipinski definition) is 3. The van der Waals surface area contributed by atoms with Crippen molar-refractivity contribution in [2.24, 2.45) is 0 Å². The van der Waals surface area contributed by atoms with Gasteiger partial charge in [-0.3, -0.25) is 4.79 Å². The van der Waals surface area contributed by atoms with Crippen molar-refractivity contribution >= 4 is 11.6 Å². The number of halogens is 3. The molecule has 0 aliphatic carbocycles. The fourth-order valence-electron chi connectivity index (χ4n) is 3.01. The van der Waals surface area contributed by atoms with Crippen LogP contribution in [0.3, 0.4) is 0 Å². The zero-order chi connectivity index (χ0) is 21.4. The van der Waals surface area contributed by atoms with Gasteiger partial charge < -0.3 is 5.32 Å². The molecule has 1 atom stereocenters. The SMILES string of the molecule is CCC(NC(=O)c1cc2nc(C(C)(C)C)cc(C(F)(F)F)n2n1)c1ccccc1. The van der Waals surface area contributed by atoms with Gasteiger partial charge >= 0.3 is 6.18 Å². The molecule has 3 rings (SSSR count). The van der Waals surface area contributed by atoms with E-state index in [0.29, 0.717) is 10.9 Å². The van der Waals surface area contributed by atoms with E-state index >= 15 is 0 Å². The smallest absolute Gasteiger partial charge is 0.344 e. The van der Waals surface area contributed by atoms with E-state index in [1.54, 1.807) is 20.8 Å². The summed E-state index contributed by atoms with van der Waals surface area (Å²) < 4.78 is 41.5. The van der Waals surface area contributed by atoms with E-state index in [0.717, 1.165) is 11.6 Å². The lowest BCUT2D eigenvalue weighted by Gasteiger charge is -2.19. The van der Waals surface area contributed by atoms with Gasteiger partial charge in [0.15, 0.2) is 11.3 Å². The number of aromatic nitrogens is 3. The zero-order valence-electron chi connectivity index (χ0n) is 16.7. The Balaban J connectivity index is 2.01. The number of nitrogens with one attached hydrogen (secondary N) is 1.